The molecular formula is C34H38N4O3S2. The molecule has 2 atom stereocenters. The van der Waals surface area contributed by atoms with E-state index in [2.05, 4.69) is 81.9 Å². The Morgan fingerprint density at radius 3 is 1.33 bits per heavy atom. The van der Waals surface area contributed by atoms with Gasteiger partial charge in [-0.3, -0.25) is 0 Å². The first kappa shape index (κ1) is 32.0. The molecule has 2 unspecified atom stereocenters. The van der Waals surface area contributed by atoms with Gasteiger partial charge < -0.3 is 26.7 Å². The SMILES string of the molecule is CCNC(=O)NC1c2ccccc2CSc2ccccc21.CCNC(=O)NC1c2ccccc2CSc2ccccc21.O. The number of thioether (sulfide) groups is 2. The van der Waals surface area contributed by atoms with Crippen molar-refractivity contribution in [1.82, 2.24) is 21.3 Å². The van der Waals surface area contributed by atoms with Crippen molar-refractivity contribution in [1.29, 1.82) is 0 Å². The molecule has 43 heavy (non-hydrogen) atoms. The van der Waals surface area contributed by atoms with Crippen LogP contribution in [0, 0.1) is 0 Å². The van der Waals surface area contributed by atoms with Crippen LogP contribution in [0.5, 0.6) is 0 Å². The molecule has 0 saturated heterocycles. The summed E-state index contributed by atoms with van der Waals surface area (Å²) in [7, 11) is 0. The van der Waals surface area contributed by atoms with Crippen LogP contribution in [0.1, 0.15) is 59.3 Å². The van der Waals surface area contributed by atoms with E-state index in [4.69, 9.17) is 0 Å². The summed E-state index contributed by atoms with van der Waals surface area (Å²) in [6.45, 7) is 5.09. The lowest BCUT2D eigenvalue weighted by molar-refractivity contribution is 0.238. The Morgan fingerprint density at radius 1 is 0.581 bits per heavy atom. The van der Waals surface area contributed by atoms with Crippen LogP contribution in [0.4, 0.5) is 9.59 Å². The van der Waals surface area contributed by atoms with Crippen LogP contribution in [0.2, 0.25) is 0 Å². The Kier molecular flexibility index (Phi) is 11.6. The van der Waals surface area contributed by atoms with Gasteiger partial charge in [0, 0.05) is 34.4 Å². The molecule has 6 rings (SSSR count). The van der Waals surface area contributed by atoms with Gasteiger partial charge in [-0.1, -0.05) is 84.9 Å². The maximum atomic E-state index is 12.0. The highest BCUT2D eigenvalue weighted by molar-refractivity contribution is 7.98. The zero-order valence-electron chi connectivity index (χ0n) is 24.4. The summed E-state index contributed by atoms with van der Waals surface area (Å²) in [4.78, 5) is 26.5. The largest absolute Gasteiger partial charge is 0.412 e. The molecule has 0 bridgehead atoms. The van der Waals surface area contributed by atoms with E-state index in [-0.39, 0.29) is 29.6 Å². The summed E-state index contributed by atoms with van der Waals surface area (Å²) in [6.07, 6.45) is 0. The fourth-order valence-corrected chi connectivity index (χ4v) is 7.44. The highest BCUT2D eigenvalue weighted by Gasteiger charge is 2.26. The molecule has 7 nitrogen and oxygen atoms in total. The van der Waals surface area contributed by atoms with Gasteiger partial charge in [0.2, 0.25) is 0 Å². The molecule has 0 fully saturated rings. The number of nitrogens with one attached hydrogen (secondary N) is 4. The average Bonchev–Trinajstić information content (AvgIpc) is 3.27. The number of carbonyl (C=O) groups is 2. The van der Waals surface area contributed by atoms with Crippen molar-refractivity contribution in [2.45, 2.75) is 47.2 Å². The molecule has 0 radical (unpaired) electrons. The minimum Gasteiger partial charge on any atom is -0.412 e. The number of hydrogen-bond acceptors (Lipinski definition) is 4. The van der Waals surface area contributed by atoms with Crippen molar-refractivity contribution in [2.75, 3.05) is 13.1 Å². The van der Waals surface area contributed by atoms with Crippen LogP contribution in [-0.2, 0) is 11.5 Å². The summed E-state index contributed by atoms with van der Waals surface area (Å²) < 4.78 is 0. The van der Waals surface area contributed by atoms with Crippen LogP contribution in [0.3, 0.4) is 0 Å². The maximum absolute atomic E-state index is 12.0. The third kappa shape index (κ3) is 7.73. The van der Waals surface area contributed by atoms with Crippen LogP contribution < -0.4 is 21.3 Å². The first-order chi connectivity index (χ1) is 20.6. The molecule has 2 aliphatic heterocycles. The van der Waals surface area contributed by atoms with Crippen molar-refractivity contribution >= 4 is 35.6 Å². The summed E-state index contributed by atoms with van der Waals surface area (Å²) in [5, 5.41) is 11.9. The van der Waals surface area contributed by atoms with Crippen LogP contribution >= 0.6 is 23.5 Å². The smallest absolute Gasteiger partial charge is 0.315 e. The first-order valence-corrected chi connectivity index (χ1v) is 16.2. The number of urea groups is 2. The van der Waals surface area contributed by atoms with Crippen LogP contribution in [0.25, 0.3) is 0 Å². The van der Waals surface area contributed by atoms with Gasteiger partial charge in [-0.15, -0.1) is 23.5 Å². The molecule has 0 aromatic heterocycles. The first-order valence-electron chi connectivity index (χ1n) is 14.3. The van der Waals surface area contributed by atoms with E-state index in [9.17, 15) is 9.59 Å². The van der Waals surface area contributed by atoms with E-state index in [0.29, 0.717) is 13.1 Å². The van der Waals surface area contributed by atoms with Gasteiger partial charge in [0.25, 0.3) is 0 Å². The monoisotopic (exact) mass is 614 g/mol. The van der Waals surface area contributed by atoms with E-state index in [1.54, 1.807) is 0 Å². The lowest BCUT2D eigenvalue weighted by Gasteiger charge is -2.21. The van der Waals surface area contributed by atoms with Crippen molar-refractivity contribution in [3.05, 3.63) is 130 Å². The third-order valence-electron chi connectivity index (χ3n) is 7.18. The molecule has 6 N–H and O–H groups in total. The number of amides is 4. The minimum atomic E-state index is -0.126. The molecule has 0 spiro atoms. The Morgan fingerprint density at radius 2 is 0.930 bits per heavy atom. The Hall–Kier alpha value is -3.92. The van der Waals surface area contributed by atoms with Crippen molar-refractivity contribution < 1.29 is 15.1 Å². The normalized spacial score (nSPS) is 16.0. The summed E-state index contributed by atoms with van der Waals surface area (Å²) in [5.41, 5.74) is 7.25. The van der Waals surface area contributed by atoms with Gasteiger partial charge >= 0.3 is 12.1 Å². The molecule has 0 saturated carbocycles. The Balaban J connectivity index is 0.000000192. The van der Waals surface area contributed by atoms with Gasteiger partial charge in [0.1, 0.15) is 0 Å². The van der Waals surface area contributed by atoms with E-state index < -0.39 is 0 Å². The second-order valence-electron chi connectivity index (χ2n) is 9.92. The van der Waals surface area contributed by atoms with Crippen LogP contribution in [-0.4, -0.2) is 30.6 Å². The highest BCUT2D eigenvalue weighted by Crippen LogP contribution is 2.40. The topological polar surface area (TPSA) is 114 Å². The zero-order chi connectivity index (χ0) is 29.3. The standard InChI is InChI=1S/2C17H18N2OS.H2O/c2*1-2-18-17(20)19-16-13-8-4-3-7-12(13)11-21-15-10-6-5-9-14(15)16;/h2*3-10,16H,2,11H2,1H3,(H2,18,19,20);1H2. The van der Waals surface area contributed by atoms with Crippen molar-refractivity contribution in [2.24, 2.45) is 0 Å². The van der Waals surface area contributed by atoms with Gasteiger partial charge in [-0.05, 0) is 59.4 Å². The van der Waals surface area contributed by atoms with E-state index >= 15 is 0 Å². The Bertz CT molecular complexity index is 1340. The second-order valence-corrected chi connectivity index (χ2v) is 12.0. The molecule has 4 amide bonds. The minimum absolute atomic E-state index is 0. The van der Waals surface area contributed by atoms with E-state index in [0.717, 1.165) is 11.5 Å². The molecule has 2 heterocycles. The number of benzene rings is 4. The molecule has 9 heteroatoms. The molecule has 224 valence electrons. The lowest BCUT2D eigenvalue weighted by atomic mass is 9.95. The fraction of sp³-hybridized carbons (Fsp3) is 0.235. The van der Waals surface area contributed by atoms with Gasteiger partial charge in [-0.2, -0.15) is 0 Å². The fourth-order valence-electron chi connectivity index (χ4n) is 5.24. The van der Waals surface area contributed by atoms with Gasteiger partial charge in [0.15, 0.2) is 0 Å². The molecule has 2 aliphatic rings. The number of hydrogen-bond donors (Lipinski definition) is 4. The average molecular weight is 615 g/mol. The number of carbonyl (C=O) groups excluding carboxylic acids is 2. The van der Waals surface area contributed by atoms with E-state index in [1.807, 2.05) is 73.8 Å². The van der Waals surface area contributed by atoms with Gasteiger partial charge in [-0.25, -0.2) is 9.59 Å². The van der Waals surface area contributed by atoms with E-state index in [1.165, 1.54) is 43.2 Å². The predicted octanol–water partition coefficient (Wildman–Crippen LogP) is 6.58. The lowest BCUT2D eigenvalue weighted by Crippen LogP contribution is -2.38. The number of fused-ring (bicyclic) bond motifs is 4. The summed E-state index contributed by atoms with van der Waals surface area (Å²) in [5.74, 6) is 1.86. The summed E-state index contributed by atoms with van der Waals surface area (Å²) >= 11 is 3.65. The van der Waals surface area contributed by atoms with Gasteiger partial charge in [0.05, 0.1) is 12.1 Å². The Labute approximate surface area is 261 Å². The second kappa shape index (κ2) is 15.5. The number of rotatable bonds is 4. The highest BCUT2D eigenvalue weighted by atomic mass is 32.2. The summed E-state index contributed by atoms with van der Waals surface area (Å²) in [6, 6.07) is 32.8. The zero-order valence-corrected chi connectivity index (χ0v) is 26.0. The predicted molar refractivity (Wildman–Crippen MR) is 177 cm³/mol. The molecule has 0 aliphatic carbocycles. The molecule has 4 aromatic rings. The molecular weight excluding hydrogens is 577 g/mol. The third-order valence-corrected chi connectivity index (χ3v) is 9.46. The van der Waals surface area contributed by atoms with Crippen molar-refractivity contribution in [3.8, 4) is 0 Å². The maximum Gasteiger partial charge on any atom is 0.315 e. The molecule has 4 aromatic carbocycles. The quantitative estimate of drug-likeness (QED) is 0.208. The van der Waals surface area contributed by atoms with Crippen LogP contribution in [0.15, 0.2) is 107 Å². The van der Waals surface area contributed by atoms with Crippen molar-refractivity contribution in [3.63, 3.8) is 0 Å².